The van der Waals surface area contributed by atoms with Crippen LogP contribution in [0.3, 0.4) is 0 Å². The van der Waals surface area contributed by atoms with Crippen LogP contribution in [0.4, 0.5) is 5.69 Å². The molecule has 2 heterocycles. The molecule has 1 aromatic heterocycles. The van der Waals surface area contributed by atoms with E-state index in [4.69, 9.17) is 4.74 Å². The first-order valence-corrected chi connectivity index (χ1v) is 6.41. The van der Waals surface area contributed by atoms with Crippen molar-refractivity contribution in [1.82, 2.24) is 15.6 Å². The molecule has 0 bridgehead atoms. The zero-order valence-corrected chi connectivity index (χ0v) is 12.5. The Kier molecular flexibility index (Phi) is 6.13. The molecule has 118 valence electrons. The second-order valence-electron chi connectivity index (χ2n) is 4.96. The molecule has 1 saturated heterocycles. The van der Waals surface area contributed by atoms with Crippen LogP contribution in [0.25, 0.3) is 0 Å². The van der Waals surface area contributed by atoms with Gasteiger partial charge in [-0.05, 0) is 19.4 Å². The molecule has 21 heavy (non-hydrogen) atoms. The zero-order valence-electron chi connectivity index (χ0n) is 11.7. The summed E-state index contributed by atoms with van der Waals surface area (Å²) in [5.74, 6) is -0.359. The number of nitrogens with one attached hydrogen (secondary N) is 3. The second-order valence-corrected chi connectivity index (χ2v) is 4.96. The van der Waals surface area contributed by atoms with E-state index in [0.29, 0.717) is 13.2 Å². The standard InChI is InChI=1S/C12H18N4O4.ClH/c1-20-8-12(3-2-4-15-12)7-14-11(17)10-5-9(6-13-10)16(18)19;/h5-6,13,15H,2-4,7-8H2,1H3,(H,14,17);1H. The van der Waals surface area contributed by atoms with Crippen LogP contribution in [0.2, 0.25) is 0 Å². The molecular formula is C12H19ClN4O4. The van der Waals surface area contributed by atoms with Gasteiger partial charge in [0.15, 0.2) is 0 Å². The van der Waals surface area contributed by atoms with Crippen molar-refractivity contribution in [2.24, 2.45) is 0 Å². The van der Waals surface area contributed by atoms with E-state index in [2.05, 4.69) is 15.6 Å². The number of nitrogens with zero attached hydrogens (tertiary/aromatic N) is 1. The molecule has 1 unspecified atom stereocenters. The van der Waals surface area contributed by atoms with E-state index in [1.54, 1.807) is 7.11 Å². The molecule has 0 radical (unpaired) electrons. The number of carbonyl (C=O) groups excluding carboxylic acids is 1. The summed E-state index contributed by atoms with van der Waals surface area (Å²) >= 11 is 0. The molecule has 1 aromatic rings. The maximum Gasteiger partial charge on any atom is 0.287 e. The number of ether oxygens (including phenoxy) is 1. The van der Waals surface area contributed by atoms with Crippen LogP contribution in [0.1, 0.15) is 23.3 Å². The second kappa shape index (κ2) is 7.39. The largest absolute Gasteiger partial charge is 0.383 e. The fourth-order valence-electron chi connectivity index (χ4n) is 2.43. The van der Waals surface area contributed by atoms with Gasteiger partial charge >= 0.3 is 0 Å². The lowest BCUT2D eigenvalue weighted by molar-refractivity contribution is -0.384. The minimum Gasteiger partial charge on any atom is -0.383 e. The topological polar surface area (TPSA) is 109 Å². The van der Waals surface area contributed by atoms with Crippen molar-refractivity contribution in [3.05, 3.63) is 28.1 Å². The minimum atomic E-state index is -0.543. The lowest BCUT2D eigenvalue weighted by Gasteiger charge is -2.28. The highest BCUT2D eigenvalue weighted by Gasteiger charge is 2.34. The van der Waals surface area contributed by atoms with Crippen LogP contribution < -0.4 is 10.6 Å². The van der Waals surface area contributed by atoms with Crippen molar-refractivity contribution < 1.29 is 14.5 Å². The van der Waals surface area contributed by atoms with Gasteiger partial charge in [-0.15, -0.1) is 12.4 Å². The summed E-state index contributed by atoms with van der Waals surface area (Å²) < 4.78 is 5.19. The number of methoxy groups -OCH3 is 1. The number of halogens is 1. The van der Waals surface area contributed by atoms with E-state index < -0.39 is 4.92 Å². The third kappa shape index (κ3) is 4.16. The Bertz CT molecular complexity index is 499. The first kappa shape index (κ1) is 17.4. The lowest BCUT2D eigenvalue weighted by atomic mass is 9.98. The lowest BCUT2D eigenvalue weighted by Crippen LogP contribution is -2.53. The van der Waals surface area contributed by atoms with Gasteiger partial charge in [0.05, 0.1) is 23.3 Å². The van der Waals surface area contributed by atoms with Crippen LogP contribution in [-0.2, 0) is 4.74 Å². The molecule has 1 amide bonds. The number of hydrogen-bond acceptors (Lipinski definition) is 5. The normalized spacial score (nSPS) is 20.8. The molecule has 2 rings (SSSR count). The van der Waals surface area contributed by atoms with Gasteiger partial charge in [0.1, 0.15) is 5.69 Å². The van der Waals surface area contributed by atoms with E-state index in [1.165, 1.54) is 12.3 Å². The van der Waals surface area contributed by atoms with Gasteiger partial charge in [0.2, 0.25) is 0 Å². The number of rotatable bonds is 6. The number of aromatic amines is 1. The molecule has 3 N–H and O–H groups in total. The van der Waals surface area contributed by atoms with Crippen molar-refractivity contribution in [3.8, 4) is 0 Å². The smallest absolute Gasteiger partial charge is 0.287 e. The number of hydrogen-bond donors (Lipinski definition) is 3. The van der Waals surface area contributed by atoms with Gasteiger partial charge in [-0.1, -0.05) is 0 Å². The highest BCUT2D eigenvalue weighted by Crippen LogP contribution is 2.19. The SMILES string of the molecule is COCC1(CNC(=O)c2cc([N+](=O)[O-])c[nH]2)CCCN1.Cl. The third-order valence-corrected chi connectivity index (χ3v) is 3.46. The van der Waals surface area contributed by atoms with Crippen molar-refractivity contribution >= 4 is 24.0 Å². The average Bonchev–Trinajstić information content (AvgIpc) is 3.06. The monoisotopic (exact) mass is 318 g/mol. The predicted molar refractivity (Wildman–Crippen MR) is 78.9 cm³/mol. The number of amides is 1. The average molecular weight is 319 g/mol. The Morgan fingerprint density at radius 3 is 2.90 bits per heavy atom. The molecule has 0 spiro atoms. The van der Waals surface area contributed by atoms with Crippen molar-refractivity contribution in [2.45, 2.75) is 18.4 Å². The Labute approximate surface area is 128 Å². The summed E-state index contributed by atoms with van der Waals surface area (Å²) in [6.07, 6.45) is 3.16. The fourth-order valence-corrected chi connectivity index (χ4v) is 2.43. The van der Waals surface area contributed by atoms with Gasteiger partial charge in [0.25, 0.3) is 11.6 Å². The Hall–Kier alpha value is -1.64. The Morgan fingerprint density at radius 2 is 2.38 bits per heavy atom. The highest BCUT2D eigenvalue weighted by molar-refractivity contribution is 5.93. The molecule has 1 aliphatic heterocycles. The first-order valence-electron chi connectivity index (χ1n) is 6.41. The highest BCUT2D eigenvalue weighted by atomic mass is 35.5. The van der Waals surface area contributed by atoms with Crippen LogP contribution in [-0.4, -0.2) is 48.2 Å². The summed E-state index contributed by atoms with van der Waals surface area (Å²) in [7, 11) is 1.62. The number of nitro groups is 1. The van der Waals surface area contributed by atoms with E-state index in [0.717, 1.165) is 19.4 Å². The number of aromatic nitrogens is 1. The van der Waals surface area contributed by atoms with Gasteiger partial charge in [-0.3, -0.25) is 14.9 Å². The van der Waals surface area contributed by atoms with Gasteiger partial charge in [-0.25, -0.2) is 0 Å². The van der Waals surface area contributed by atoms with Crippen LogP contribution in [0.15, 0.2) is 12.3 Å². The van der Waals surface area contributed by atoms with Crippen molar-refractivity contribution in [1.29, 1.82) is 0 Å². The number of carbonyl (C=O) groups is 1. The molecule has 9 heteroatoms. The van der Waals surface area contributed by atoms with Gasteiger partial charge < -0.3 is 20.4 Å². The molecule has 1 aliphatic rings. The number of H-pyrrole nitrogens is 1. The van der Waals surface area contributed by atoms with Crippen molar-refractivity contribution in [2.75, 3.05) is 26.8 Å². The summed E-state index contributed by atoms with van der Waals surface area (Å²) in [5.41, 5.74) is -0.189. The van der Waals surface area contributed by atoms with E-state index in [9.17, 15) is 14.9 Å². The molecule has 1 fully saturated rings. The summed E-state index contributed by atoms with van der Waals surface area (Å²) in [5, 5.41) is 16.7. The summed E-state index contributed by atoms with van der Waals surface area (Å²) in [6.45, 7) is 1.83. The van der Waals surface area contributed by atoms with Crippen LogP contribution in [0, 0.1) is 10.1 Å². The molecule has 0 aliphatic carbocycles. The van der Waals surface area contributed by atoms with Crippen LogP contribution >= 0.6 is 12.4 Å². The fraction of sp³-hybridized carbons (Fsp3) is 0.583. The molecular weight excluding hydrogens is 300 g/mol. The Morgan fingerprint density at radius 1 is 1.62 bits per heavy atom. The van der Waals surface area contributed by atoms with E-state index >= 15 is 0 Å². The maximum atomic E-state index is 12.0. The molecule has 8 nitrogen and oxygen atoms in total. The van der Waals surface area contributed by atoms with Crippen LogP contribution in [0.5, 0.6) is 0 Å². The summed E-state index contributed by atoms with van der Waals surface area (Å²) in [6, 6.07) is 1.22. The molecule has 0 aromatic carbocycles. The minimum absolute atomic E-state index is 0. The Balaban J connectivity index is 0.00000220. The van der Waals surface area contributed by atoms with Crippen molar-refractivity contribution in [3.63, 3.8) is 0 Å². The quantitative estimate of drug-likeness (QED) is 0.532. The van der Waals surface area contributed by atoms with E-state index in [1.807, 2.05) is 0 Å². The zero-order chi connectivity index (χ0) is 14.6. The molecule has 0 saturated carbocycles. The van der Waals surface area contributed by atoms with E-state index in [-0.39, 0.29) is 35.2 Å². The van der Waals surface area contributed by atoms with Gasteiger partial charge in [0, 0.05) is 19.7 Å². The first-order chi connectivity index (χ1) is 9.56. The van der Waals surface area contributed by atoms with Gasteiger partial charge in [-0.2, -0.15) is 0 Å². The predicted octanol–water partition coefficient (Wildman–Crippen LogP) is 0.843. The molecule has 1 atom stereocenters. The third-order valence-electron chi connectivity index (χ3n) is 3.46. The maximum absolute atomic E-state index is 12.0. The summed E-state index contributed by atoms with van der Waals surface area (Å²) in [4.78, 5) is 24.6.